The summed E-state index contributed by atoms with van der Waals surface area (Å²) in [6.45, 7) is 2.43. The van der Waals surface area contributed by atoms with Crippen molar-refractivity contribution >= 4 is 15.7 Å². The largest absolute Gasteiger partial charge is 0.273 e. The molecule has 2 aliphatic heterocycles. The van der Waals surface area contributed by atoms with Gasteiger partial charge in [-0.3, -0.25) is 4.79 Å². The fourth-order valence-electron chi connectivity index (χ4n) is 3.35. The summed E-state index contributed by atoms with van der Waals surface area (Å²) in [4.78, 5) is 12.6. The van der Waals surface area contributed by atoms with Crippen molar-refractivity contribution in [2.45, 2.75) is 24.3 Å². The minimum Gasteiger partial charge on any atom is -0.273 e. The highest BCUT2D eigenvalue weighted by molar-refractivity contribution is 7.95. The molecule has 2 aromatic carbocycles. The van der Waals surface area contributed by atoms with Crippen molar-refractivity contribution in [1.29, 1.82) is 0 Å². The monoisotopic (exact) mass is 354 g/mol. The van der Waals surface area contributed by atoms with E-state index in [0.717, 1.165) is 11.1 Å². The van der Waals surface area contributed by atoms with Gasteiger partial charge in [-0.25, -0.2) is 18.4 Å². The van der Waals surface area contributed by atoms with Crippen LogP contribution in [0.2, 0.25) is 0 Å². The van der Waals surface area contributed by atoms with Crippen molar-refractivity contribution in [3.8, 4) is 0 Å². The van der Waals surface area contributed by atoms with E-state index in [1.54, 1.807) is 24.3 Å². The fraction of sp³-hybridized carbons (Fsp3) is 0.211. The molecular formula is C19H18N2O3S. The zero-order chi connectivity index (χ0) is 17.6. The first kappa shape index (κ1) is 16.1. The van der Waals surface area contributed by atoms with Crippen molar-refractivity contribution in [3.05, 3.63) is 76.8 Å². The summed E-state index contributed by atoms with van der Waals surface area (Å²) < 4.78 is 26.5. The first-order chi connectivity index (χ1) is 12.0. The molecule has 128 valence electrons. The average molecular weight is 354 g/mol. The van der Waals surface area contributed by atoms with Crippen molar-refractivity contribution in [3.63, 3.8) is 0 Å². The molecule has 25 heavy (non-hydrogen) atoms. The maximum atomic E-state index is 13.2. The van der Waals surface area contributed by atoms with Gasteiger partial charge >= 0.3 is 0 Å². The molecule has 5 nitrogen and oxygen atoms in total. The summed E-state index contributed by atoms with van der Waals surface area (Å²) in [5.41, 5.74) is 1.86. The summed E-state index contributed by atoms with van der Waals surface area (Å²) in [6.07, 6.45) is 1.89. The quantitative estimate of drug-likeness (QED) is 0.850. The number of hydrogen-bond acceptors (Lipinski definition) is 4. The second kappa shape index (κ2) is 5.82. The number of benzene rings is 2. The lowest BCUT2D eigenvalue weighted by Gasteiger charge is -2.26. The number of fused-ring (bicyclic) bond motifs is 1. The third-order valence-corrected chi connectivity index (χ3v) is 6.50. The van der Waals surface area contributed by atoms with Gasteiger partial charge in [-0.05, 0) is 24.6 Å². The number of aryl methyl sites for hydroxylation is 1. The Hall–Kier alpha value is -2.44. The lowest BCUT2D eigenvalue weighted by molar-refractivity contribution is -0.132. The van der Waals surface area contributed by atoms with Gasteiger partial charge in [-0.15, -0.1) is 0 Å². The first-order valence-corrected chi connectivity index (χ1v) is 9.64. The Morgan fingerprint density at radius 3 is 2.36 bits per heavy atom. The van der Waals surface area contributed by atoms with Gasteiger partial charge in [0.25, 0.3) is 0 Å². The highest BCUT2D eigenvalue weighted by Gasteiger charge is 2.45. The third kappa shape index (κ3) is 2.58. The highest BCUT2D eigenvalue weighted by atomic mass is 32.2. The van der Waals surface area contributed by atoms with Crippen LogP contribution >= 0.6 is 0 Å². The van der Waals surface area contributed by atoms with Crippen LogP contribution in [-0.2, 0) is 14.6 Å². The topological polar surface area (TPSA) is 57.7 Å². The second-order valence-electron chi connectivity index (χ2n) is 6.31. The summed E-state index contributed by atoms with van der Waals surface area (Å²) in [5, 5.41) is 3.29. The van der Waals surface area contributed by atoms with Crippen molar-refractivity contribution in [2.75, 3.05) is 6.54 Å². The van der Waals surface area contributed by atoms with E-state index in [1.807, 2.05) is 42.3 Å². The molecule has 1 amide bonds. The maximum Gasteiger partial charge on any atom is 0.242 e. The Morgan fingerprint density at radius 1 is 1.00 bits per heavy atom. The Kier molecular flexibility index (Phi) is 3.74. The van der Waals surface area contributed by atoms with E-state index in [-0.39, 0.29) is 15.7 Å². The molecule has 4 rings (SSSR count). The van der Waals surface area contributed by atoms with E-state index in [2.05, 4.69) is 0 Å². The molecule has 2 aliphatic rings. The van der Waals surface area contributed by atoms with Gasteiger partial charge in [-0.2, -0.15) is 0 Å². The maximum absolute atomic E-state index is 13.2. The van der Waals surface area contributed by atoms with Gasteiger partial charge in [0.15, 0.2) is 0 Å². The number of nitrogens with zero attached hydrogens (tertiary/aromatic N) is 2. The van der Waals surface area contributed by atoms with Crippen LogP contribution in [0.1, 0.15) is 23.6 Å². The smallest absolute Gasteiger partial charge is 0.242 e. The number of sulfone groups is 1. The Balaban J connectivity index is 1.84. The van der Waals surface area contributed by atoms with E-state index in [1.165, 1.54) is 11.2 Å². The number of amides is 1. The minimum atomic E-state index is -3.69. The molecule has 2 heterocycles. The molecule has 0 radical (unpaired) electrons. The lowest BCUT2D eigenvalue weighted by Crippen LogP contribution is -2.33. The van der Waals surface area contributed by atoms with E-state index >= 15 is 0 Å². The average Bonchev–Trinajstić information content (AvgIpc) is 3.16. The van der Waals surface area contributed by atoms with Crippen LogP contribution in [0.15, 0.2) is 70.6 Å². The van der Waals surface area contributed by atoms with Crippen LogP contribution in [0.25, 0.3) is 0 Å². The predicted octanol–water partition coefficient (Wildman–Crippen LogP) is 2.81. The zero-order valence-corrected chi connectivity index (χ0v) is 14.6. The van der Waals surface area contributed by atoms with E-state index in [0.29, 0.717) is 13.0 Å². The van der Waals surface area contributed by atoms with Crippen molar-refractivity contribution in [1.82, 2.24) is 10.0 Å². The molecule has 2 aromatic rings. The number of carbonyl (C=O) groups is 1. The molecule has 6 heteroatoms. The highest BCUT2D eigenvalue weighted by Crippen LogP contribution is 2.43. The van der Waals surface area contributed by atoms with Crippen LogP contribution in [0.5, 0.6) is 0 Å². The van der Waals surface area contributed by atoms with Gasteiger partial charge in [0, 0.05) is 19.2 Å². The molecule has 0 saturated carbocycles. The number of hydrazine groups is 1. The third-order valence-electron chi connectivity index (χ3n) is 4.66. The molecular weight excluding hydrogens is 336 g/mol. The number of rotatable bonds is 3. The summed E-state index contributed by atoms with van der Waals surface area (Å²) >= 11 is 0. The standard InChI is InChI=1S/C19H18N2O3S/c1-14-7-9-16(10-8-14)25(23,24)17-13-21-18(22)11-12-20(21)19(17)15-5-3-2-4-6-15/h2-10,13,19H,11-12H2,1H3. The van der Waals surface area contributed by atoms with E-state index in [4.69, 9.17) is 0 Å². The molecule has 0 spiro atoms. The molecule has 1 atom stereocenters. The number of carbonyl (C=O) groups excluding carboxylic acids is 1. The van der Waals surface area contributed by atoms with Crippen molar-refractivity contribution in [2.24, 2.45) is 0 Å². The van der Waals surface area contributed by atoms with Crippen LogP contribution in [0.3, 0.4) is 0 Å². The molecule has 1 unspecified atom stereocenters. The van der Waals surface area contributed by atoms with Gasteiger partial charge in [0.1, 0.15) is 0 Å². The van der Waals surface area contributed by atoms with Crippen LogP contribution in [0, 0.1) is 6.92 Å². The molecule has 0 aliphatic carbocycles. The molecule has 0 aromatic heterocycles. The Morgan fingerprint density at radius 2 is 1.68 bits per heavy atom. The zero-order valence-electron chi connectivity index (χ0n) is 13.8. The molecule has 1 saturated heterocycles. The summed E-state index contributed by atoms with van der Waals surface area (Å²) in [5.74, 6) is -0.0740. The van der Waals surface area contributed by atoms with Gasteiger partial charge < -0.3 is 0 Å². The Labute approximate surface area is 147 Å². The fourth-order valence-corrected chi connectivity index (χ4v) is 4.91. The van der Waals surface area contributed by atoms with Crippen LogP contribution in [0.4, 0.5) is 0 Å². The SMILES string of the molecule is Cc1ccc(S(=O)(=O)C2=CN3C(=O)CCN3C2c2ccccc2)cc1. The van der Waals surface area contributed by atoms with E-state index in [9.17, 15) is 13.2 Å². The summed E-state index contributed by atoms with van der Waals surface area (Å²) in [7, 11) is -3.69. The summed E-state index contributed by atoms with van der Waals surface area (Å²) in [6, 6.07) is 15.8. The molecule has 0 bridgehead atoms. The number of hydrogen-bond donors (Lipinski definition) is 0. The molecule has 1 fully saturated rings. The van der Waals surface area contributed by atoms with Crippen molar-refractivity contribution < 1.29 is 13.2 Å². The normalized spacial score (nSPS) is 20.7. The van der Waals surface area contributed by atoms with Gasteiger partial charge in [-0.1, -0.05) is 48.0 Å². The van der Waals surface area contributed by atoms with Gasteiger partial charge in [0.05, 0.1) is 15.8 Å². The minimum absolute atomic E-state index is 0.0740. The second-order valence-corrected chi connectivity index (χ2v) is 8.26. The van der Waals surface area contributed by atoms with Crippen LogP contribution in [-0.4, -0.2) is 30.9 Å². The van der Waals surface area contributed by atoms with Crippen LogP contribution < -0.4 is 0 Å². The van der Waals surface area contributed by atoms with E-state index < -0.39 is 15.9 Å². The lowest BCUT2D eigenvalue weighted by atomic mass is 10.1. The molecule has 0 N–H and O–H groups in total. The Bertz CT molecular complexity index is 950. The van der Waals surface area contributed by atoms with Gasteiger partial charge in [0.2, 0.25) is 15.7 Å². The predicted molar refractivity (Wildman–Crippen MR) is 93.8 cm³/mol. The first-order valence-electron chi connectivity index (χ1n) is 8.15.